The minimum Gasteiger partial charge on any atom is -0.378 e. The molecule has 2 fully saturated rings. The maximum absolute atomic E-state index is 12.0. The van der Waals surface area contributed by atoms with E-state index >= 15 is 0 Å². The smallest absolute Gasteiger partial charge is 0.139 e. The van der Waals surface area contributed by atoms with Crippen molar-refractivity contribution >= 4 is 22.7 Å². The standard InChI is InChI=1S/C18H18OS2/c19-18(15-3-1-9-20-15,16-4-2-10-21-16)17-8-7-14(17)12-5-6-13(17)11-12/h1-6,9-10,12-14,19H,7-8,11H2. The van der Waals surface area contributed by atoms with E-state index in [2.05, 4.69) is 47.2 Å². The predicted octanol–water partition coefficient (Wildman–Crippen LogP) is 4.65. The van der Waals surface area contributed by atoms with Crippen LogP contribution in [0.2, 0.25) is 0 Å². The Balaban J connectivity index is 1.75. The lowest BCUT2D eigenvalue weighted by molar-refractivity contribution is -0.153. The molecule has 2 saturated carbocycles. The Morgan fingerprint density at radius 2 is 1.81 bits per heavy atom. The number of hydrogen-bond acceptors (Lipinski definition) is 3. The van der Waals surface area contributed by atoms with E-state index in [9.17, 15) is 5.11 Å². The molecule has 4 atom stereocenters. The highest BCUT2D eigenvalue weighted by molar-refractivity contribution is 7.11. The fourth-order valence-corrected chi connectivity index (χ4v) is 7.28. The van der Waals surface area contributed by atoms with Gasteiger partial charge in [0, 0.05) is 15.2 Å². The highest BCUT2D eigenvalue weighted by atomic mass is 32.1. The summed E-state index contributed by atoms with van der Waals surface area (Å²) >= 11 is 3.42. The molecule has 2 bridgehead atoms. The van der Waals surface area contributed by atoms with E-state index < -0.39 is 5.60 Å². The lowest BCUT2D eigenvalue weighted by atomic mass is 9.47. The molecule has 0 saturated heterocycles. The van der Waals surface area contributed by atoms with Crippen LogP contribution in [0.1, 0.15) is 29.0 Å². The van der Waals surface area contributed by atoms with E-state index in [1.54, 1.807) is 22.7 Å². The van der Waals surface area contributed by atoms with Crippen LogP contribution in [0.4, 0.5) is 0 Å². The summed E-state index contributed by atoms with van der Waals surface area (Å²) in [7, 11) is 0. The van der Waals surface area contributed by atoms with E-state index in [1.165, 1.54) is 12.8 Å². The van der Waals surface area contributed by atoms with E-state index in [-0.39, 0.29) is 5.41 Å². The zero-order valence-corrected chi connectivity index (χ0v) is 13.4. The predicted molar refractivity (Wildman–Crippen MR) is 87.5 cm³/mol. The molecule has 5 rings (SSSR count). The zero-order chi connectivity index (χ0) is 14.1. The van der Waals surface area contributed by atoms with Gasteiger partial charge in [-0.1, -0.05) is 24.3 Å². The van der Waals surface area contributed by atoms with Gasteiger partial charge in [-0.3, -0.25) is 0 Å². The SMILES string of the molecule is OC(c1cccs1)(c1cccs1)C12CCC1C1C=CC2C1. The molecule has 0 aromatic carbocycles. The van der Waals surface area contributed by atoms with Gasteiger partial charge in [-0.25, -0.2) is 0 Å². The van der Waals surface area contributed by atoms with Gasteiger partial charge in [0.05, 0.1) is 0 Å². The van der Waals surface area contributed by atoms with Crippen molar-refractivity contribution in [2.75, 3.05) is 0 Å². The summed E-state index contributed by atoms with van der Waals surface area (Å²) in [5.41, 5.74) is -0.745. The summed E-state index contributed by atoms with van der Waals surface area (Å²) in [5, 5.41) is 16.2. The van der Waals surface area contributed by atoms with E-state index in [1.807, 2.05) is 0 Å². The summed E-state index contributed by atoms with van der Waals surface area (Å²) in [5.74, 6) is 1.92. The van der Waals surface area contributed by atoms with Crippen LogP contribution in [0, 0.1) is 23.2 Å². The number of allylic oxidation sites excluding steroid dienone is 2. The molecular formula is C18H18OS2. The first-order valence-electron chi connectivity index (χ1n) is 7.75. The largest absolute Gasteiger partial charge is 0.378 e. The Bertz CT molecular complexity index is 651. The topological polar surface area (TPSA) is 20.2 Å². The van der Waals surface area contributed by atoms with Gasteiger partial charge in [0.25, 0.3) is 0 Å². The average Bonchev–Trinajstić information content (AvgIpc) is 3.22. The molecule has 2 heterocycles. The van der Waals surface area contributed by atoms with Gasteiger partial charge in [-0.2, -0.15) is 0 Å². The van der Waals surface area contributed by atoms with Crippen LogP contribution in [-0.2, 0) is 5.60 Å². The number of rotatable bonds is 3. The Labute approximate surface area is 133 Å². The monoisotopic (exact) mass is 314 g/mol. The summed E-state index contributed by atoms with van der Waals surface area (Å²) in [4.78, 5) is 2.27. The molecule has 21 heavy (non-hydrogen) atoms. The third kappa shape index (κ3) is 1.32. The molecule has 0 spiro atoms. The fourth-order valence-electron chi connectivity index (χ4n) is 5.35. The quantitative estimate of drug-likeness (QED) is 0.818. The highest BCUT2D eigenvalue weighted by Crippen LogP contribution is 2.74. The van der Waals surface area contributed by atoms with Gasteiger partial charge in [0.15, 0.2) is 0 Å². The number of hydrogen-bond donors (Lipinski definition) is 1. The van der Waals surface area contributed by atoms with Crippen molar-refractivity contribution < 1.29 is 5.11 Å². The van der Waals surface area contributed by atoms with E-state index in [4.69, 9.17) is 0 Å². The summed E-state index contributed by atoms with van der Waals surface area (Å²) in [6.45, 7) is 0. The first-order valence-corrected chi connectivity index (χ1v) is 9.51. The van der Waals surface area contributed by atoms with Crippen molar-refractivity contribution in [1.82, 2.24) is 0 Å². The molecule has 2 aromatic heterocycles. The molecular weight excluding hydrogens is 296 g/mol. The molecule has 0 amide bonds. The Morgan fingerprint density at radius 3 is 2.29 bits per heavy atom. The summed E-state index contributed by atoms with van der Waals surface area (Å²) < 4.78 is 0. The average molecular weight is 314 g/mol. The number of thiophene rings is 2. The molecule has 0 radical (unpaired) electrons. The second kappa shape index (κ2) is 4.09. The lowest BCUT2D eigenvalue weighted by Crippen LogP contribution is -2.58. The number of fused-ring (bicyclic) bond motifs is 5. The molecule has 0 aliphatic heterocycles. The van der Waals surface area contributed by atoms with Crippen molar-refractivity contribution in [3.63, 3.8) is 0 Å². The van der Waals surface area contributed by atoms with Crippen LogP contribution in [0.25, 0.3) is 0 Å². The van der Waals surface area contributed by atoms with Gasteiger partial charge in [-0.05, 0) is 59.9 Å². The molecule has 1 nitrogen and oxygen atoms in total. The van der Waals surface area contributed by atoms with Gasteiger partial charge >= 0.3 is 0 Å². The zero-order valence-electron chi connectivity index (χ0n) is 11.7. The molecule has 3 aliphatic rings. The Kier molecular flexibility index (Phi) is 2.46. The second-order valence-corrected chi connectivity index (χ2v) is 8.64. The van der Waals surface area contributed by atoms with Crippen molar-refractivity contribution in [2.45, 2.75) is 24.9 Å². The van der Waals surface area contributed by atoms with Crippen LogP contribution in [0.15, 0.2) is 47.2 Å². The third-order valence-electron chi connectivity index (χ3n) is 6.26. The maximum atomic E-state index is 12.0. The first-order chi connectivity index (χ1) is 10.3. The minimum absolute atomic E-state index is 0.0438. The van der Waals surface area contributed by atoms with E-state index in [0.29, 0.717) is 17.8 Å². The molecule has 3 heteroatoms. The van der Waals surface area contributed by atoms with Crippen molar-refractivity contribution in [3.05, 3.63) is 56.9 Å². The van der Waals surface area contributed by atoms with Crippen molar-refractivity contribution in [2.24, 2.45) is 23.2 Å². The van der Waals surface area contributed by atoms with Gasteiger partial charge < -0.3 is 5.11 Å². The fraction of sp³-hybridized carbons (Fsp3) is 0.444. The van der Waals surface area contributed by atoms with Crippen molar-refractivity contribution in [3.8, 4) is 0 Å². The maximum Gasteiger partial charge on any atom is 0.139 e. The second-order valence-electron chi connectivity index (χ2n) is 6.74. The molecule has 2 aromatic rings. The van der Waals surface area contributed by atoms with Crippen molar-refractivity contribution in [1.29, 1.82) is 0 Å². The van der Waals surface area contributed by atoms with Crippen LogP contribution in [0.5, 0.6) is 0 Å². The third-order valence-corrected chi connectivity index (χ3v) is 8.21. The van der Waals surface area contributed by atoms with E-state index in [0.717, 1.165) is 16.2 Å². The normalized spacial score (nSPS) is 36.7. The van der Waals surface area contributed by atoms with Crippen LogP contribution < -0.4 is 0 Å². The number of aliphatic hydroxyl groups is 1. The van der Waals surface area contributed by atoms with Crippen LogP contribution in [0.3, 0.4) is 0 Å². The highest BCUT2D eigenvalue weighted by Gasteiger charge is 2.70. The minimum atomic E-state index is -0.789. The molecule has 108 valence electrons. The molecule has 3 aliphatic carbocycles. The van der Waals surface area contributed by atoms with Crippen LogP contribution in [-0.4, -0.2) is 5.11 Å². The lowest BCUT2D eigenvalue weighted by Gasteiger charge is -2.59. The molecule has 4 unspecified atom stereocenters. The Hall–Kier alpha value is -0.900. The van der Waals surface area contributed by atoms with Gasteiger partial charge in [0.2, 0.25) is 0 Å². The summed E-state index contributed by atoms with van der Waals surface area (Å²) in [6.07, 6.45) is 8.51. The van der Waals surface area contributed by atoms with Gasteiger partial charge in [0.1, 0.15) is 5.60 Å². The van der Waals surface area contributed by atoms with Crippen LogP contribution >= 0.6 is 22.7 Å². The summed E-state index contributed by atoms with van der Waals surface area (Å²) in [6, 6.07) is 8.41. The Morgan fingerprint density at radius 1 is 1.10 bits per heavy atom. The van der Waals surface area contributed by atoms with Gasteiger partial charge in [-0.15, -0.1) is 22.7 Å². The molecule has 1 N–H and O–H groups in total. The first kappa shape index (κ1) is 12.6.